The van der Waals surface area contributed by atoms with Crippen molar-refractivity contribution in [3.8, 4) is 11.8 Å². The third-order valence-corrected chi connectivity index (χ3v) is 8.47. The average molecular weight is 392 g/mol. The summed E-state index contributed by atoms with van der Waals surface area (Å²) in [6.07, 6.45) is 12.3. The van der Waals surface area contributed by atoms with Gasteiger partial charge in [-0.05, 0) is 79.9 Å². The molecule has 4 aliphatic carbocycles. The van der Waals surface area contributed by atoms with Gasteiger partial charge in [-0.15, -0.1) is 5.92 Å². The molecule has 0 aromatic rings. The lowest BCUT2D eigenvalue weighted by Gasteiger charge is -2.48. The van der Waals surface area contributed by atoms with Gasteiger partial charge in [0.1, 0.15) is 0 Å². The molecular weight excluding hydrogens is 358 g/mol. The van der Waals surface area contributed by atoms with Crippen LogP contribution in [0.4, 0.5) is 0 Å². The zero-order valence-electron chi connectivity index (χ0n) is 17.9. The molecule has 0 radical (unpaired) electrons. The summed E-state index contributed by atoms with van der Waals surface area (Å²) in [7, 11) is 0. The number of nitrogens with zero attached hydrogens (tertiary/aromatic N) is 1. The molecule has 0 N–H and O–H groups in total. The van der Waals surface area contributed by atoms with Crippen molar-refractivity contribution in [2.45, 2.75) is 58.8 Å². The van der Waals surface area contributed by atoms with Gasteiger partial charge in [0, 0.05) is 37.2 Å². The molecule has 154 valence electrons. The Hall–Kier alpha value is -1.79. The standard InChI is InChI=1S/C26H33NO2/c1-3-4-20-6-8-24-22-7-5-18-16-25(28)19(17-27-11-13-29-14-12-27)15-23(18)21(22)9-10-26(20,24)2/h16-17,20,22,24H,5-15H2,1-2H3/t20-,22-,24+,26-/m1/s1. The molecule has 0 amide bonds. The van der Waals surface area contributed by atoms with E-state index in [4.69, 9.17) is 4.74 Å². The summed E-state index contributed by atoms with van der Waals surface area (Å²) in [6, 6.07) is 0. The van der Waals surface area contributed by atoms with Crippen LogP contribution in [0.5, 0.6) is 0 Å². The predicted molar refractivity (Wildman–Crippen MR) is 115 cm³/mol. The fraction of sp³-hybridized carbons (Fsp3) is 0.654. The van der Waals surface area contributed by atoms with E-state index in [2.05, 4.69) is 29.9 Å². The number of carbonyl (C=O) groups excluding carboxylic acids is 1. The molecule has 0 spiro atoms. The van der Waals surface area contributed by atoms with Crippen molar-refractivity contribution in [3.63, 3.8) is 0 Å². The lowest BCUT2D eigenvalue weighted by Crippen LogP contribution is -2.40. The molecule has 0 aromatic heterocycles. The van der Waals surface area contributed by atoms with Gasteiger partial charge in [0.05, 0.1) is 13.2 Å². The largest absolute Gasteiger partial charge is 0.378 e. The third-order valence-electron chi connectivity index (χ3n) is 8.47. The van der Waals surface area contributed by atoms with Gasteiger partial charge in [-0.2, -0.15) is 0 Å². The maximum absolute atomic E-state index is 12.8. The Balaban J connectivity index is 1.45. The van der Waals surface area contributed by atoms with Crippen LogP contribution in [-0.4, -0.2) is 37.0 Å². The number of ether oxygens (including phenoxy) is 1. The van der Waals surface area contributed by atoms with Crippen LogP contribution in [0.1, 0.15) is 58.8 Å². The highest BCUT2D eigenvalue weighted by molar-refractivity contribution is 6.06. The highest BCUT2D eigenvalue weighted by atomic mass is 16.5. The maximum Gasteiger partial charge on any atom is 0.183 e. The summed E-state index contributed by atoms with van der Waals surface area (Å²) in [5.74, 6) is 9.04. The van der Waals surface area contributed by atoms with Crippen molar-refractivity contribution in [1.82, 2.24) is 4.90 Å². The summed E-state index contributed by atoms with van der Waals surface area (Å²) in [6.45, 7) is 7.81. The minimum atomic E-state index is 0.231. The first-order chi connectivity index (χ1) is 14.1. The Kier molecular flexibility index (Phi) is 4.95. The first-order valence-electron chi connectivity index (χ1n) is 11.5. The quantitative estimate of drug-likeness (QED) is 0.481. The summed E-state index contributed by atoms with van der Waals surface area (Å²) in [5, 5.41) is 0. The highest BCUT2D eigenvalue weighted by Gasteiger charge is 2.53. The Morgan fingerprint density at radius 2 is 2.03 bits per heavy atom. The lowest BCUT2D eigenvalue weighted by atomic mass is 9.56. The van der Waals surface area contributed by atoms with Crippen molar-refractivity contribution >= 4 is 5.78 Å². The monoisotopic (exact) mass is 391 g/mol. The first-order valence-corrected chi connectivity index (χ1v) is 11.5. The van der Waals surface area contributed by atoms with Gasteiger partial charge in [0.2, 0.25) is 0 Å². The van der Waals surface area contributed by atoms with Crippen LogP contribution in [0.15, 0.2) is 34.6 Å². The van der Waals surface area contributed by atoms with Crippen LogP contribution in [0.25, 0.3) is 0 Å². The highest BCUT2D eigenvalue weighted by Crippen LogP contribution is 2.62. The van der Waals surface area contributed by atoms with Crippen molar-refractivity contribution in [3.05, 3.63) is 34.6 Å². The van der Waals surface area contributed by atoms with E-state index in [1.807, 2.05) is 13.0 Å². The summed E-state index contributed by atoms with van der Waals surface area (Å²) < 4.78 is 5.46. The van der Waals surface area contributed by atoms with Crippen molar-refractivity contribution in [2.75, 3.05) is 26.3 Å². The third kappa shape index (κ3) is 3.21. The van der Waals surface area contributed by atoms with Gasteiger partial charge in [0.15, 0.2) is 5.78 Å². The number of morpholine rings is 1. The topological polar surface area (TPSA) is 29.5 Å². The number of hydrogen-bond donors (Lipinski definition) is 0. The van der Waals surface area contributed by atoms with Crippen molar-refractivity contribution in [1.29, 1.82) is 0 Å². The minimum absolute atomic E-state index is 0.231. The Morgan fingerprint density at radius 1 is 1.21 bits per heavy atom. The van der Waals surface area contributed by atoms with Gasteiger partial charge in [-0.3, -0.25) is 4.79 Å². The van der Waals surface area contributed by atoms with Crippen LogP contribution in [0, 0.1) is 35.0 Å². The fourth-order valence-corrected chi connectivity index (χ4v) is 6.90. The zero-order valence-corrected chi connectivity index (χ0v) is 17.9. The maximum atomic E-state index is 12.8. The lowest BCUT2D eigenvalue weighted by molar-refractivity contribution is -0.111. The molecule has 3 nitrogen and oxygen atoms in total. The summed E-state index contributed by atoms with van der Waals surface area (Å²) in [5.41, 5.74) is 5.92. The van der Waals surface area contributed by atoms with E-state index in [-0.39, 0.29) is 5.78 Å². The number of allylic oxidation sites excluding steroid dienone is 5. The Morgan fingerprint density at radius 3 is 2.83 bits per heavy atom. The van der Waals surface area contributed by atoms with Gasteiger partial charge in [-0.25, -0.2) is 0 Å². The molecule has 3 fully saturated rings. The molecule has 4 atom stereocenters. The first kappa shape index (κ1) is 19.2. The van der Waals surface area contributed by atoms with E-state index < -0.39 is 0 Å². The molecule has 1 saturated heterocycles. The van der Waals surface area contributed by atoms with E-state index in [0.29, 0.717) is 17.3 Å². The molecule has 2 saturated carbocycles. The molecule has 1 heterocycles. The van der Waals surface area contributed by atoms with Crippen molar-refractivity contribution < 1.29 is 9.53 Å². The molecule has 0 bridgehead atoms. The molecule has 29 heavy (non-hydrogen) atoms. The van der Waals surface area contributed by atoms with Crippen LogP contribution in [0.3, 0.4) is 0 Å². The number of hydrogen-bond acceptors (Lipinski definition) is 3. The van der Waals surface area contributed by atoms with E-state index in [1.54, 1.807) is 5.57 Å². The van der Waals surface area contributed by atoms with E-state index in [0.717, 1.165) is 50.6 Å². The molecule has 0 aromatic carbocycles. The molecule has 5 aliphatic rings. The minimum Gasteiger partial charge on any atom is -0.378 e. The second-order valence-corrected chi connectivity index (χ2v) is 9.80. The Labute approximate surface area is 175 Å². The number of ketones is 1. The van der Waals surface area contributed by atoms with Gasteiger partial charge >= 0.3 is 0 Å². The number of carbonyl (C=O) groups is 1. The number of rotatable bonds is 1. The molecule has 0 unspecified atom stereocenters. The van der Waals surface area contributed by atoms with E-state index in [9.17, 15) is 4.79 Å². The van der Waals surface area contributed by atoms with Crippen LogP contribution in [0.2, 0.25) is 0 Å². The fourth-order valence-electron chi connectivity index (χ4n) is 6.90. The average Bonchev–Trinajstić information content (AvgIpc) is 3.06. The molecular formula is C26H33NO2. The van der Waals surface area contributed by atoms with Crippen LogP contribution < -0.4 is 0 Å². The second-order valence-electron chi connectivity index (χ2n) is 9.80. The van der Waals surface area contributed by atoms with E-state index in [1.165, 1.54) is 43.3 Å². The van der Waals surface area contributed by atoms with E-state index >= 15 is 0 Å². The normalized spacial score (nSPS) is 38.1. The van der Waals surface area contributed by atoms with Gasteiger partial charge < -0.3 is 9.64 Å². The predicted octanol–water partition coefficient (Wildman–Crippen LogP) is 4.66. The summed E-state index contributed by atoms with van der Waals surface area (Å²) >= 11 is 0. The summed E-state index contributed by atoms with van der Waals surface area (Å²) in [4.78, 5) is 15.1. The molecule has 5 rings (SSSR count). The van der Waals surface area contributed by atoms with Crippen molar-refractivity contribution in [2.24, 2.45) is 23.2 Å². The SMILES string of the molecule is CC#C[C@@H]1CC[C@H]2[C@@H]3CCC4=CC(=O)C(=CN5CCOCC5)CC4=C3CC[C@]12C. The smallest absolute Gasteiger partial charge is 0.183 e. The Bertz CT molecular complexity index is 861. The van der Waals surface area contributed by atoms with Crippen LogP contribution >= 0.6 is 0 Å². The number of fused-ring (bicyclic) bond motifs is 4. The van der Waals surface area contributed by atoms with Gasteiger partial charge in [-0.1, -0.05) is 18.4 Å². The van der Waals surface area contributed by atoms with Crippen LogP contribution in [-0.2, 0) is 9.53 Å². The molecule has 1 aliphatic heterocycles. The van der Waals surface area contributed by atoms with Gasteiger partial charge in [0.25, 0.3) is 0 Å². The zero-order chi connectivity index (χ0) is 20.0. The molecule has 3 heteroatoms. The second kappa shape index (κ2) is 7.47.